The monoisotopic (exact) mass is 290 g/mol. The Balaban J connectivity index is 1.90. The molecule has 0 fully saturated rings. The molecule has 0 aromatic carbocycles. The van der Waals surface area contributed by atoms with Crippen molar-refractivity contribution in [1.29, 1.82) is 0 Å². The van der Waals surface area contributed by atoms with Gasteiger partial charge < -0.3 is 10.2 Å². The molecule has 2 heterocycles. The molecule has 0 aliphatic carbocycles. The van der Waals surface area contributed by atoms with Crippen molar-refractivity contribution < 1.29 is 9.59 Å². The first kappa shape index (κ1) is 14.4. The predicted octanol–water partition coefficient (Wildman–Crippen LogP) is -0.200. The van der Waals surface area contributed by atoms with Gasteiger partial charge in [-0.05, 0) is 6.07 Å². The van der Waals surface area contributed by atoms with Gasteiger partial charge in [-0.15, -0.1) is 5.10 Å². The maximum Gasteiger partial charge on any atom is 0.322 e. The van der Waals surface area contributed by atoms with Gasteiger partial charge >= 0.3 is 6.03 Å². The van der Waals surface area contributed by atoms with Crippen molar-refractivity contribution in [2.45, 2.75) is 6.54 Å². The minimum atomic E-state index is -0.338. The topological polar surface area (TPSA) is 118 Å². The molecule has 3 amide bonds. The molecule has 0 aliphatic rings. The molecule has 21 heavy (non-hydrogen) atoms. The van der Waals surface area contributed by atoms with E-state index in [1.54, 1.807) is 20.2 Å². The fourth-order valence-electron chi connectivity index (χ4n) is 1.33. The first-order valence-corrected chi connectivity index (χ1v) is 5.99. The van der Waals surface area contributed by atoms with E-state index in [4.69, 9.17) is 0 Å². The Kier molecular flexibility index (Phi) is 4.39. The smallest absolute Gasteiger partial charge is 0.322 e. The summed E-state index contributed by atoms with van der Waals surface area (Å²) in [6.45, 7) is -0.0954. The average molecular weight is 290 g/mol. The van der Waals surface area contributed by atoms with Crippen LogP contribution in [0.1, 0.15) is 0 Å². The third kappa shape index (κ3) is 4.23. The number of hydrogen-bond acceptors (Lipinski definition) is 6. The highest BCUT2D eigenvalue weighted by atomic mass is 16.2. The maximum atomic E-state index is 11.8. The lowest BCUT2D eigenvalue weighted by atomic mass is 10.5. The summed E-state index contributed by atoms with van der Waals surface area (Å²) in [6, 6.07) is 1.24. The molecule has 0 spiro atoms. The fourth-order valence-corrected chi connectivity index (χ4v) is 1.33. The molecule has 0 atom stereocenters. The second-order valence-electron chi connectivity index (χ2n) is 4.23. The summed E-state index contributed by atoms with van der Waals surface area (Å²) < 4.78 is 0. The highest BCUT2D eigenvalue weighted by Gasteiger charge is 2.10. The Labute approximate surface area is 120 Å². The highest BCUT2D eigenvalue weighted by Crippen LogP contribution is 2.01. The van der Waals surface area contributed by atoms with E-state index in [1.807, 2.05) is 0 Å². The fraction of sp³-hybridized carbons (Fsp3) is 0.273. The maximum absolute atomic E-state index is 11.8. The molecule has 0 bridgehead atoms. The lowest BCUT2D eigenvalue weighted by Crippen LogP contribution is -2.27. The molecule has 0 unspecified atom stereocenters. The molecular weight excluding hydrogens is 276 g/mol. The number of urea groups is 1. The third-order valence-corrected chi connectivity index (χ3v) is 2.31. The van der Waals surface area contributed by atoms with E-state index in [0.29, 0.717) is 5.82 Å². The van der Waals surface area contributed by atoms with Gasteiger partial charge in [0.1, 0.15) is 18.7 Å². The zero-order chi connectivity index (χ0) is 15.2. The van der Waals surface area contributed by atoms with Gasteiger partial charge in [-0.2, -0.15) is 9.90 Å². The van der Waals surface area contributed by atoms with Crippen LogP contribution in [0.25, 0.3) is 0 Å². The van der Waals surface area contributed by atoms with Gasteiger partial charge in [0.15, 0.2) is 5.82 Å². The number of carbonyl (C=O) groups is 2. The van der Waals surface area contributed by atoms with E-state index in [-0.39, 0.29) is 24.3 Å². The van der Waals surface area contributed by atoms with E-state index in [1.165, 1.54) is 28.4 Å². The van der Waals surface area contributed by atoms with Crippen molar-refractivity contribution in [3.05, 3.63) is 24.8 Å². The Morgan fingerprint density at radius 3 is 2.76 bits per heavy atom. The Morgan fingerprint density at radius 2 is 2.10 bits per heavy atom. The van der Waals surface area contributed by atoms with Crippen LogP contribution in [0.3, 0.4) is 0 Å². The SMILES string of the molecule is CN(C)C(=O)Nc1cnn(CC(=O)Nc2ccncn2)n1. The molecule has 0 saturated carbocycles. The number of hydrogen-bond donors (Lipinski definition) is 2. The van der Waals surface area contributed by atoms with Crippen LogP contribution in [0.4, 0.5) is 16.4 Å². The molecule has 2 N–H and O–H groups in total. The van der Waals surface area contributed by atoms with Crippen LogP contribution >= 0.6 is 0 Å². The van der Waals surface area contributed by atoms with Crippen LogP contribution in [0.5, 0.6) is 0 Å². The van der Waals surface area contributed by atoms with Crippen molar-refractivity contribution in [3.8, 4) is 0 Å². The van der Waals surface area contributed by atoms with Crippen molar-refractivity contribution >= 4 is 23.6 Å². The first-order chi connectivity index (χ1) is 10.0. The number of rotatable bonds is 4. The van der Waals surface area contributed by atoms with E-state index in [0.717, 1.165) is 0 Å². The van der Waals surface area contributed by atoms with Crippen molar-refractivity contribution in [3.63, 3.8) is 0 Å². The average Bonchev–Trinajstić information content (AvgIpc) is 2.86. The van der Waals surface area contributed by atoms with Gasteiger partial charge in [0.05, 0.1) is 6.20 Å². The number of aromatic nitrogens is 5. The summed E-state index contributed by atoms with van der Waals surface area (Å²) in [5.41, 5.74) is 0. The van der Waals surface area contributed by atoms with Crippen LogP contribution in [-0.4, -0.2) is 55.9 Å². The summed E-state index contributed by atoms with van der Waals surface area (Å²) in [5, 5.41) is 13.0. The molecule has 10 heteroatoms. The van der Waals surface area contributed by atoms with Crippen LogP contribution in [0.15, 0.2) is 24.8 Å². The van der Waals surface area contributed by atoms with E-state index in [2.05, 4.69) is 30.8 Å². The number of nitrogens with one attached hydrogen (secondary N) is 2. The van der Waals surface area contributed by atoms with Gasteiger partial charge in [0.25, 0.3) is 0 Å². The summed E-state index contributed by atoms with van der Waals surface area (Å²) in [6.07, 6.45) is 4.21. The molecule has 2 rings (SSSR count). The van der Waals surface area contributed by atoms with Gasteiger partial charge in [0, 0.05) is 20.3 Å². The molecule has 0 saturated heterocycles. The normalized spacial score (nSPS) is 10.0. The summed E-state index contributed by atoms with van der Waals surface area (Å²) in [4.78, 5) is 33.3. The molecule has 10 nitrogen and oxygen atoms in total. The lowest BCUT2D eigenvalue weighted by Gasteiger charge is -2.09. The quantitative estimate of drug-likeness (QED) is 0.805. The number of carbonyl (C=O) groups excluding carboxylic acids is 2. The Morgan fingerprint density at radius 1 is 1.29 bits per heavy atom. The van der Waals surface area contributed by atoms with Gasteiger partial charge in [-0.25, -0.2) is 14.8 Å². The summed E-state index contributed by atoms with van der Waals surface area (Å²) >= 11 is 0. The molecule has 110 valence electrons. The number of nitrogens with zero attached hydrogens (tertiary/aromatic N) is 6. The molecule has 2 aromatic rings. The standard InChI is InChI=1S/C11H14N8O2/c1-18(2)11(21)16-9-5-14-19(17-9)6-10(20)15-8-3-4-12-7-13-8/h3-5,7H,6H2,1-2H3,(H,16,17,21)(H,12,13,15,20). The lowest BCUT2D eigenvalue weighted by molar-refractivity contribution is -0.117. The zero-order valence-corrected chi connectivity index (χ0v) is 11.5. The largest absolute Gasteiger partial charge is 0.331 e. The second kappa shape index (κ2) is 6.41. The van der Waals surface area contributed by atoms with Crippen molar-refractivity contribution in [2.24, 2.45) is 0 Å². The minimum Gasteiger partial charge on any atom is -0.331 e. The Hall–Kier alpha value is -3.04. The molecule has 0 aliphatic heterocycles. The van der Waals surface area contributed by atoms with Gasteiger partial charge in [0.2, 0.25) is 5.91 Å². The predicted molar refractivity (Wildman–Crippen MR) is 73.4 cm³/mol. The van der Waals surface area contributed by atoms with Crippen LogP contribution in [0, 0.1) is 0 Å². The van der Waals surface area contributed by atoms with Crippen LogP contribution in [-0.2, 0) is 11.3 Å². The Bertz CT molecular complexity index is 624. The van der Waals surface area contributed by atoms with E-state index >= 15 is 0 Å². The number of amides is 3. The van der Waals surface area contributed by atoms with Crippen molar-refractivity contribution in [1.82, 2.24) is 29.9 Å². The molecule has 0 radical (unpaired) electrons. The number of anilines is 2. The second-order valence-corrected chi connectivity index (χ2v) is 4.23. The van der Waals surface area contributed by atoms with Crippen molar-refractivity contribution in [2.75, 3.05) is 24.7 Å². The summed E-state index contributed by atoms with van der Waals surface area (Å²) in [5.74, 6) is 0.321. The van der Waals surface area contributed by atoms with Gasteiger partial charge in [-0.1, -0.05) is 0 Å². The highest BCUT2D eigenvalue weighted by molar-refractivity contribution is 5.89. The summed E-state index contributed by atoms with van der Waals surface area (Å²) in [7, 11) is 3.21. The molecular formula is C11H14N8O2. The van der Waals surface area contributed by atoms with E-state index in [9.17, 15) is 9.59 Å². The third-order valence-electron chi connectivity index (χ3n) is 2.31. The zero-order valence-electron chi connectivity index (χ0n) is 11.5. The van der Waals surface area contributed by atoms with Crippen LogP contribution < -0.4 is 10.6 Å². The first-order valence-electron chi connectivity index (χ1n) is 5.99. The van der Waals surface area contributed by atoms with Crippen LogP contribution in [0.2, 0.25) is 0 Å². The molecule has 2 aromatic heterocycles. The van der Waals surface area contributed by atoms with E-state index < -0.39 is 0 Å². The van der Waals surface area contributed by atoms with Gasteiger partial charge in [-0.3, -0.25) is 10.1 Å². The minimum absolute atomic E-state index is 0.0954.